The monoisotopic (exact) mass is 371 g/mol. The number of hydrogen-bond donors (Lipinski definition) is 1. The van der Waals surface area contributed by atoms with E-state index >= 15 is 0 Å². The quantitative estimate of drug-likeness (QED) is 0.879. The third kappa shape index (κ3) is 3.56. The molecule has 1 amide bonds. The summed E-state index contributed by atoms with van der Waals surface area (Å²) in [6.45, 7) is 7.97. The first kappa shape index (κ1) is 19.4. The molecule has 144 valence electrons. The number of aliphatic hydroxyl groups is 1. The highest BCUT2D eigenvalue weighted by Crippen LogP contribution is 2.43. The Morgan fingerprint density at radius 2 is 1.85 bits per heavy atom. The SMILES string of the molecule is CCc1ccc2c(c1)[C@H](N(CC)C(=O)c1ccc(F)cc1)[C@@H](O)C(C)(C)O2. The minimum atomic E-state index is -0.901. The van der Waals surface area contributed by atoms with Gasteiger partial charge in [-0.1, -0.05) is 13.0 Å². The van der Waals surface area contributed by atoms with Crippen molar-refractivity contribution in [1.29, 1.82) is 0 Å². The lowest BCUT2D eigenvalue weighted by Gasteiger charge is -2.46. The zero-order valence-corrected chi connectivity index (χ0v) is 16.2. The zero-order chi connectivity index (χ0) is 19.8. The van der Waals surface area contributed by atoms with E-state index in [2.05, 4.69) is 6.92 Å². The molecule has 2 aromatic rings. The summed E-state index contributed by atoms with van der Waals surface area (Å²) < 4.78 is 19.3. The van der Waals surface area contributed by atoms with Crippen LogP contribution in [-0.4, -0.2) is 34.2 Å². The molecule has 0 spiro atoms. The molecule has 1 heterocycles. The van der Waals surface area contributed by atoms with E-state index < -0.39 is 17.7 Å². The van der Waals surface area contributed by atoms with E-state index in [9.17, 15) is 14.3 Å². The van der Waals surface area contributed by atoms with Gasteiger partial charge in [0.15, 0.2) is 0 Å². The predicted octanol–water partition coefficient (Wildman–Crippen LogP) is 4.12. The van der Waals surface area contributed by atoms with Crippen LogP contribution in [0, 0.1) is 5.82 Å². The number of benzene rings is 2. The second-order valence-electron chi connectivity index (χ2n) is 7.42. The van der Waals surface area contributed by atoms with E-state index in [1.54, 1.807) is 4.90 Å². The Morgan fingerprint density at radius 3 is 2.44 bits per heavy atom. The molecule has 0 aromatic heterocycles. The molecule has 2 aromatic carbocycles. The lowest BCUT2D eigenvalue weighted by Crippen LogP contribution is -2.54. The molecule has 0 saturated heterocycles. The molecule has 2 atom stereocenters. The molecule has 0 saturated carbocycles. The summed E-state index contributed by atoms with van der Waals surface area (Å²) in [5.74, 6) is 0.0460. The van der Waals surface area contributed by atoms with Gasteiger partial charge >= 0.3 is 0 Å². The van der Waals surface area contributed by atoms with Gasteiger partial charge < -0.3 is 14.7 Å². The van der Waals surface area contributed by atoms with Crippen molar-refractivity contribution in [2.75, 3.05) is 6.54 Å². The lowest BCUT2D eigenvalue weighted by molar-refractivity contribution is -0.0860. The van der Waals surface area contributed by atoms with Gasteiger partial charge in [-0.15, -0.1) is 0 Å². The minimum Gasteiger partial charge on any atom is -0.485 e. The van der Waals surface area contributed by atoms with Crippen molar-refractivity contribution >= 4 is 5.91 Å². The number of halogens is 1. The fourth-order valence-electron chi connectivity index (χ4n) is 3.60. The minimum absolute atomic E-state index is 0.243. The first-order chi connectivity index (χ1) is 12.8. The highest BCUT2D eigenvalue weighted by atomic mass is 19.1. The Labute approximate surface area is 159 Å². The normalized spacial score (nSPS) is 20.5. The van der Waals surface area contributed by atoms with Gasteiger partial charge in [0.05, 0.1) is 6.04 Å². The second kappa shape index (κ2) is 7.31. The summed E-state index contributed by atoms with van der Waals surface area (Å²) in [7, 11) is 0. The number of hydrogen-bond acceptors (Lipinski definition) is 3. The molecule has 1 aliphatic heterocycles. The molecular formula is C22H26FNO3. The van der Waals surface area contributed by atoms with Crippen molar-refractivity contribution in [2.24, 2.45) is 0 Å². The van der Waals surface area contributed by atoms with Gasteiger partial charge in [0, 0.05) is 17.7 Å². The van der Waals surface area contributed by atoms with Crippen molar-refractivity contribution in [1.82, 2.24) is 4.90 Å². The number of aliphatic hydroxyl groups excluding tert-OH is 1. The maximum atomic E-state index is 13.3. The Kier molecular flexibility index (Phi) is 5.24. The Bertz CT molecular complexity index is 832. The summed E-state index contributed by atoms with van der Waals surface area (Å²) in [4.78, 5) is 14.8. The first-order valence-electron chi connectivity index (χ1n) is 9.35. The topological polar surface area (TPSA) is 49.8 Å². The van der Waals surface area contributed by atoms with E-state index in [0.717, 1.165) is 17.5 Å². The van der Waals surface area contributed by atoms with E-state index in [1.807, 2.05) is 39.0 Å². The van der Waals surface area contributed by atoms with Crippen LogP contribution in [0.2, 0.25) is 0 Å². The molecule has 1 aliphatic rings. The molecule has 0 unspecified atom stereocenters. The molecule has 5 heteroatoms. The second-order valence-corrected chi connectivity index (χ2v) is 7.42. The molecule has 0 bridgehead atoms. The zero-order valence-electron chi connectivity index (χ0n) is 16.2. The van der Waals surface area contributed by atoms with Crippen LogP contribution in [0.4, 0.5) is 4.39 Å². The number of carbonyl (C=O) groups excluding carboxylic acids is 1. The van der Waals surface area contributed by atoms with E-state index in [4.69, 9.17) is 4.74 Å². The summed E-state index contributed by atoms with van der Waals surface area (Å²) in [6.07, 6.45) is -0.0567. The van der Waals surface area contributed by atoms with Gasteiger partial charge in [0.2, 0.25) is 0 Å². The maximum Gasteiger partial charge on any atom is 0.254 e. The number of carbonyl (C=O) groups is 1. The van der Waals surface area contributed by atoms with Gasteiger partial charge in [-0.05, 0) is 69.2 Å². The van der Waals surface area contributed by atoms with Crippen LogP contribution in [0.15, 0.2) is 42.5 Å². The van der Waals surface area contributed by atoms with Crippen LogP contribution in [0.1, 0.15) is 55.2 Å². The number of likely N-dealkylation sites (N-methyl/N-ethyl adjacent to an activating group) is 1. The summed E-state index contributed by atoms with van der Waals surface area (Å²) in [6, 6.07) is 10.9. The summed E-state index contributed by atoms with van der Waals surface area (Å²) in [5, 5.41) is 11.1. The van der Waals surface area contributed by atoms with Crippen molar-refractivity contribution in [2.45, 2.75) is 51.9 Å². The van der Waals surface area contributed by atoms with Crippen LogP contribution in [0.5, 0.6) is 5.75 Å². The van der Waals surface area contributed by atoms with E-state index in [1.165, 1.54) is 24.3 Å². The highest BCUT2D eigenvalue weighted by molar-refractivity contribution is 5.94. The summed E-state index contributed by atoms with van der Waals surface area (Å²) >= 11 is 0. The van der Waals surface area contributed by atoms with E-state index in [-0.39, 0.29) is 11.7 Å². The van der Waals surface area contributed by atoms with Crippen LogP contribution in [-0.2, 0) is 6.42 Å². The molecule has 4 nitrogen and oxygen atoms in total. The third-order valence-electron chi connectivity index (χ3n) is 5.21. The molecule has 1 N–H and O–H groups in total. The average Bonchev–Trinajstić information content (AvgIpc) is 2.65. The third-order valence-corrected chi connectivity index (χ3v) is 5.21. The average molecular weight is 371 g/mol. The number of amides is 1. The highest BCUT2D eigenvalue weighted by Gasteiger charge is 2.46. The standard InChI is InChI=1S/C22H26FNO3/c1-5-14-7-12-18-17(13-14)19(20(25)22(3,4)27-18)24(6-2)21(26)15-8-10-16(23)11-9-15/h7-13,19-20,25H,5-6H2,1-4H3/t19-,20+/m0/s1. The molecule has 0 radical (unpaired) electrons. The fraction of sp³-hybridized carbons (Fsp3) is 0.409. The van der Waals surface area contributed by atoms with Crippen LogP contribution < -0.4 is 4.74 Å². The number of aryl methyl sites for hydroxylation is 1. The van der Waals surface area contributed by atoms with E-state index in [0.29, 0.717) is 17.9 Å². The van der Waals surface area contributed by atoms with Gasteiger partial charge in [0.1, 0.15) is 23.3 Å². The van der Waals surface area contributed by atoms with Crippen LogP contribution in [0.25, 0.3) is 0 Å². The number of fused-ring (bicyclic) bond motifs is 1. The maximum absolute atomic E-state index is 13.3. The van der Waals surface area contributed by atoms with Crippen molar-refractivity contribution in [3.05, 3.63) is 65.0 Å². The van der Waals surface area contributed by atoms with Gasteiger partial charge in [0.25, 0.3) is 5.91 Å². The predicted molar refractivity (Wildman–Crippen MR) is 102 cm³/mol. The smallest absolute Gasteiger partial charge is 0.254 e. The molecular weight excluding hydrogens is 345 g/mol. The van der Waals surface area contributed by atoms with Crippen LogP contribution in [0.3, 0.4) is 0 Å². The van der Waals surface area contributed by atoms with Crippen LogP contribution >= 0.6 is 0 Å². The van der Waals surface area contributed by atoms with Crippen molar-refractivity contribution in [3.8, 4) is 5.75 Å². The molecule has 0 aliphatic carbocycles. The first-order valence-corrected chi connectivity index (χ1v) is 9.35. The summed E-state index contributed by atoms with van der Waals surface area (Å²) in [5.41, 5.74) is 1.46. The van der Waals surface area contributed by atoms with Crippen molar-refractivity contribution < 1.29 is 19.0 Å². The molecule has 0 fully saturated rings. The Hall–Kier alpha value is -2.40. The number of ether oxygens (including phenoxy) is 1. The fourth-order valence-corrected chi connectivity index (χ4v) is 3.60. The van der Waals surface area contributed by atoms with Gasteiger partial charge in [-0.3, -0.25) is 4.79 Å². The van der Waals surface area contributed by atoms with Gasteiger partial charge in [-0.25, -0.2) is 4.39 Å². The number of nitrogens with zero attached hydrogens (tertiary/aromatic N) is 1. The van der Waals surface area contributed by atoms with Crippen molar-refractivity contribution in [3.63, 3.8) is 0 Å². The largest absolute Gasteiger partial charge is 0.485 e. The van der Waals surface area contributed by atoms with Gasteiger partial charge in [-0.2, -0.15) is 0 Å². The Balaban J connectivity index is 2.08. The lowest BCUT2D eigenvalue weighted by atomic mass is 9.84. The molecule has 27 heavy (non-hydrogen) atoms. The molecule has 3 rings (SSSR count). The number of rotatable bonds is 4. The Morgan fingerprint density at radius 1 is 1.19 bits per heavy atom.